The van der Waals surface area contributed by atoms with E-state index in [1.54, 1.807) is 11.0 Å². The van der Waals surface area contributed by atoms with Crippen molar-refractivity contribution in [2.45, 2.75) is 32.2 Å². The Morgan fingerprint density at radius 2 is 1.82 bits per heavy atom. The van der Waals surface area contributed by atoms with Crippen LogP contribution < -0.4 is 4.74 Å². The number of hydrogen-bond acceptors (Lipinski definition) is 5. The summed E-state index contributed by atoms with van der Waals surface area (Å²) in [5.41, 5.74) is 3.31. The molecule has 7 nitrogen and oxygen atoms in total. The van der Waals surface area contributed by atoms with Gasteiger partial charge in [-0.05, 0) is 28.8 Å². The van der Waals surface area contributed by atoms with Crippen molar-refractivity contribution in [1.29, 1.82) is 0 Å². The normalized spacial score (nSPS) is 16.2. The summed E-state index contributed by atoms with van der Waals surface area (Å²) in [6, 6.07) is 19.6. The van der Waals surface area contributed by atoms with Crippen molar-refractivity contribution in [3.63, 3.8) is 0 Å². The Morgan fingerprint density at radius 1 is 1.09 bits per heavy atom. The van der Waals surface area contributed by atoms with Crippen LogP contribution in [0.4, 0.5) is 0 Å². The highest BCUT2D eigenvalue weighted by Crippen LogP contribution is 2.23. The standard InChI is InChI=1S/C26H29N3O4/c1-3-28-15-16-29(25(30)14-13-22-18-24(32-2)27-33-22)23(26(28)31)17-19-9-11-21(12-10-19)20-7-5-4-6-8-20/h4-12,18,23H,3,13-17H2,1-2H3. The van der Waals surface area contributed by atoms with Crippen LogP contribution in [0.1, 0.15) is 24.7 Å². The summed E-state index contributed by atoms with van der Waals surface area (Å²) in [4.78, 5) is 29.8. The molecular formula is C26H29N3O4. The maximum atomic E-state index is 13.2. The third-order valence-electron chi connectivity index (χ3n) is 6.11. The lowest BCUT2D eigenvalue weighted by Crippen LogP contribution is -2.59. The lowest BCUT2D eigenvalue weighted by molar-refractivity contribution is -0.151. The lowest BCUT2D eigenvalue weighted by atomic mass is 9.98. The molecule has 1 atom stereocenters. The van der Waals surface area contributed by atoms with E-state index in [0.717, 1.165) is 16.7 Å². The SMILES string of the molecule is CCN1CCN(C(=O)CCc2cc(OC)no2)C(Cc2ccc(-c3ccccc3)cc2)C1=O. The maximum absolute atomic E-state index is 13.2. The smallest absolute Gasteiger partial charge is 0.254 e. The molecule has 33 heavy (non-hydrogen) atoms. The number of benzene rings is 2. The third kappa shape index (κ3) is 5.25. The van der Waals surface area contributed by atoms with Gasteiger partial charge in [0.05, 0.1) is 7.11 Å². The fourth-order valence-electron chi connectivity index (χ4n) is 4.22. The molecule has 0 saturated carbocycles. The number of aromatic nitrogens is 1. The second-order valence-corrected chi connectivity index (χ2v) is 8.12. The van der Waals surface area contributed by atoms with Gasteiger partial charge in [-0.25, -0.2) is 0 Å². The Hall–Kier alpha value is -3.61. The first-order valence-electron chi connectivity index (χ1n) is 11.3. The summed E-state index contributed by atoms with van der Waals surface area (Å²) in [7, 11) is 1.52. The summed E-state index contributed by atoms with van der Waals surface area (Å²) >= 11 is 0. The first-order chi connectivity index (χ1) is 16.1. The highest BCUT2D eigenvalue weighted by molar-refractivity contribution is 5.89. The number of amides is 2. The molecule has 1 aliphatic rings. The van der Waals surface area contributed by atoms with Gasteiger partial charge < -0.3 is 19.1 Å². The van der Waals surface area contributed by atoms with Gasteiger partial charge in [-0.2, -0.15) is 0 Å². The van der Waals surface area contributed by atoms with Gasteiger partial charge in [0.2, 0.25) is 11.8 Å². The predicted molar refractivity (Wildman–Crippen MR) is 125 cm³/mol. The van der Waals surface area contributed by atoms with Crippen LogP contribution in [0.25, 0.3) is 11.1 Å². The van der Waals surface area contributed by atoms with Crippen LogP contribution in [0.2, 0.25) is 0 Å². The molecule has 2 heterocycles. The predicted octanol–water partition coefficient (Wildman–Crippen LogP) is 3.58. The molecule has 1 saturated heterocycles. The zero-order valence-corrected chi connectivity index (χ0v) is 19.1. The summed E-state index contributed by atoms with van der Waals surface area (Å²) in [6.07, 6.45) is 1.16. The number of piperazine rings is 1. The van der Waals surface area contributed by atoms with E-state index in [1.807, 2.05) is 42.2 Å². The van der Waals surface area contributed by atoms with Gasteiger partial charge in [-0.3, -0.25) is 9.59 Å². The number of aryl methyl sites for hydroxylation is 1. The van der Waals surface area contributed by atoms with Crippen molar-refractivity contribution in [2.24, 2.45) is 0 Å². The van der Waals surface area contributed by atoms with Crippen molar-refractivity contribution >= 4 is 11.8 Å². The second-order valence-electron chi connectivity index (χ2n) is 8.12. The summed E-state index contributed by atoms with van der Waals surface area (Å²) in [5, 5.41) is 3.78. The Kier molecular flexibility index (Phi) is 7.07. The van der Waals surface area contributed by atoms with E-state index in [-0.39, 0.29) is 18.2 Å². The minimum absolute atomic E-state index is 0.00516. The van der Waals surface area contributed by atoms with Crippen LogP contribution in [0.5, 0.6) is 5.88 Å². The Labute approximate surface area is 193 Å². The van der Waals surface area contributed by atoms with Crippen LogP contribution in [0, 0.1) is 0 Å². The third-order valence-corrected chi connectivity index (χ3v) is 6.11. The number of carbonyl (C=O) groups is 2. The Balaban J connectivity index is 1.47. The number of nitrogens with zero attached hydrogens (tertiary/aromatic N) is 3. The molecule has 2 amide bonds. The largest absolute Gasteiger partial charge is 0.479 e. The van der Waals surface area contributed by atoms with Crippen LogP contribution in [-0.2, 0) is 22.4 Å². The molecule has 172 valence electrons. The number of hydrogen-bond donors (Lipinski definition) is 0. The first-order valence-corrected chi connectivity index (χ1v) is 11.3. The number of ether oxygens (including phenoxy) is 1. The molecule has 0 spiro atoms. The van der Waals surface area contributed by atoms with Gasteiger partial charge in [0.25, 0.3) is 5.88 Å². The molecule has 0 bridgehead atoms. The maximum Gasteiger partial charge on any atom is 0.254 e. The molecule has 2 aromatic carbocycles. The molecule has 0 N–H and O–H groups in total. The van der Waals surface area contributed by atoms with E-state index in [9.17, 15) is 9.59 Å². The summed E-state index contributed by atoms with van der Waals surface area (Å²) < 4.78 is 10.2. The number of carbonyl (C=O) groups excluding carboxylic acids is 2. The second kappa shape index (κ2) is 10.3. The average Bonchev–Trinajstić information content (AvgIpc) is 3.33. The quantitative estimate of drug-likeness (QED) is 0.528. The van der Waals surface area contributed by atoms with Crippen LogP contribution in [0.3, 0.4) is 0 Å². The number of likely N-dealkylation sites (N-methyl/N-ethyl adjacent to an activating group) is 1. The zero-order valence-electron chi connectivity index (χ0n) is 19.1. The fourth-order valence-corrected chi connectivity index (χ4v) is 4.22. The zero-order chi connectivity index (χ0) is 23.2. The molecule has 7 heteroatoms. The van der Waals surface area contributed by atoms with Crippen molar-refractivity contribution in [1.82, 2.24) is 15.0 Å². The van der Waals surface area contributed by atoms with Gasteiger partial charge in [-0.1, -0.05) is 54.6 Å². The minimum atomic E-state index is -0.502. The van der Waals surface area contributed by atoms with Crippen molar-refractivity contribution in [3.8, 4) is 17.0 Å². The number of methoxy groups -OCH3 is 1. The molecule has 0 radical (unpaired) electrons. The van der Waals surface area contributed by atoms with Crippen molar-refractivity contribution in [2.75, 3.05) is 26.7 Å². The Morgan fingerprint density at radius 3 is 2.48 bits per heavy atom. The van der Waals surface area contributed by atoms with Crippen LogP contribution >= 0.6 is 0 Å². The number of rotatable bonds is 8. The van der Waals surface area contributed by atoms with E-state index in [0.29, 0.717) is 44.1 Å². The van der Waals surface area contributed by atoms with E-state index in [4.69, 9.17) is 9.26 Å². The van der Waals surface area contributed by atoms with E-state index in [2.05, 4.69) is 29.4 Å². The average molecular weight is 448 g/mol. The summed E-state index contributed by atoms with van der Waals surface area (Å²) in [6.45, 7) is 3.70. The molecule has 0 aliphatic carbocycles. The van der Waals surface area contributed by atoms with Crippen LogP contribution in [-0.4, -0.2) is 59.6 Å². The highest BCUT2D eigenvalue weighted by atomic mass is 16.5. The molecule has 4 rings (SSSR count). The molecule has 1 aliphatic heterocycles. The molecule has 1 fully saturated rings. The van der Waals surface area contributed by atoms with E-state index in [1.165, 1.54) is 7.11 Å². The van der Waals surface area contributed by atoms with Gasteiger partial charge in [-0.15, -0.1) is 0 Å². The lowest BCUT2D eigenvalue weighted by Gasteiger charge is -2.40. The van der Waals surface area contributed by atoms with Gasteiger partial charge >= 0.3 is 0 Å². The monoisotopic (exact) mass is 447 g/mol. The van der Waals surface area contributed by atoms with Crippen LogP contribution in [0.15, 0.2) is 65.2 Å². The van der Waals surface area contributed by atoms with E-state index >= 15 is 0 Å². The van der Waals surface area contributed by atoms with E-state index < -0.39 is 6.04 Å². The highest BCUT2D eigenvalue weighted by Gasteiger charge is 2.36. The van der Waals surface area contributed by atoms with Gasteiger partial charge in [0, 0.05) is 45.0 Å². The minimum Gasteiger partial charge on any atom is -0.479 e. The molecule has 3 aromatic rings. The van der Waals surface area contributed by atoms with Gasteiger partial charge in [0.1, 0.15) is 11.8 Å². The molecule has 1 aromatic heterocycles. The van der Waals surface area contributed by atoms with Crippen molar-refractivity contribution in [3.05, 3.63) is 72.0 Å². The first kappa shape index (κ1) is 22.6. The van der Waals surface area contributed by atoms with Gasteiger partial charge in [0.15, 0.2) is 0 Å². The topological polar surface area (TPSA) is 75.9 Å². The molecule has 1 unspecified atom stereocenters. The fraction of sp³-hybridized carbons (Fsp3) is 0.346. The Bertz CT molecular complexity index is 1080. The molecular weight excluding hydrogens is 418 g/mol. The summed E-state index contributed by atoms with van der Waals surface area (Å²) in [5.74, 6) is 0.929. The van der Waals surface area contributed by atoms with Crippen molar-refractivity contribution < 1.29 is 18.8 Å².